The van der Waals surface area contributed by atoms with Gasteiger partial charge in [0, 0.05) is 6.54 Å². The Morgan fingerprint density at radius 2 is 2.18 bits per heavy atom. The largest absolute Gasteiger partial charge is 0.475 e. The second kappa shape index (κ2) is 4.01. The predicted molar refractivity (Wildman–Crippen MR) is 49.3 cm³/mol. The van der Waals surface area contributed by atoms with Crippen LogP contribution >= 0.6 is 0 Å². The Balaban J connectivity index is 1.86. The first kappa shape index (κ1) is 11.9. The average molecular weight is 249 g/mol. The zero-order chi connectivity index (χ0) is 12.6. The second-order valence-corrected chi connectivity index (χ2v) is 4.17. The van der Waals surface area contributed by atoms with Gasteiger partial charge in [-0.15, -0.1) is 5.10 Å². The monoisotopic (exact) mass is 249 g/mol. The van der Waals surface area contributed by atoms with Crippen LogP contribution in [0.3, 0.4) is 0 Å². The van der Waals surface area contributed by atoms with Crippen molar-refractivity contribution in [2.24, 2.45) is 11.8 Å². The third kappa shape index (κ3) is 2.56. The quantitative estimate of drug-likeness (QED) is 0.882. The fourth-order valence-corrected chi connectivity index (χ4v) is 1.90. The highest BCUT2D eigenvalue weighted by molar-refractivity contribution is 5.82. The molecule has 2 rings (SSSR count). The lowest BCUT2D eigenvalue weighted by Crippen LogP contribution is -2.37. The minimum absolute atomic E-state index is 0.0752. The zero-order valence-electron chi connectivity index (χ0n) is 8.68. The molecule has 1 N–H and O–H groups in total. The number of aromatic carboxylic acids is 1. The van der Waals surface area contributed by atoms with Gasteiger partial charge in [-0.2, -0.15) is 13.2 Å². The van der Waals surface area contributed by atoms with Crippen molar-refractivity contribution in [3.05, 3.63) is 12.2 Å². The summed E-state index contributed by atoms with van der Waals surface area (Å²) in [7, 11) is 0. The summed E-state index contributed by atoms with van der Waals surface area (Å²) in [6.45, 7) is 0.285. The maximum Gasteiger partial charge on any atom is 0.391 e. The molecule has 0 aromatic carbocycles. The van der Waals surface area contributed by atoms with Crippen LogP contribution in [0.1, 0.15) is 23.5 Å². The number of nitrogens with zero attached hydrogens (tertiary/aromatic N) is 3. The molecule has 1 aliphatic rings. The molecule has 0 spiro atoms. The predicted octanol–water partition coefficient (Wildman–Crippen LogP) is 1.56. The number of alkyl halides is 3. The minimum atomic E-state index is -4.12. The van der Waals surface area contributed by atoms with E-state index >= 15 is 0 Å². The van der Waals surface area contributed by atoms with E-state index in [1.54, 1.807) is 0 Å². The average Bonchev–Trinajstić information content (AvgIpc) is 2.56. The third-order valence-corrected chi connectivity index (χ3v) is 2.87. The topological polar surface area (TPSA) is 68.0 Å². The summed E-state index contributed by atoms with van der Waals surface area (Å²) in [4.78, 5) is 14.0. The first-order valence-electron chi connectivity index (χ1n) is 5.05. The first-order valence-corrected chi connectivity index (χ1v) is 5.05. The van der Waals surface area contributed by atoms with Gasteiger partial charge in [-0.3, -0.25) is 4.68 Å². The molecule has 0 unspecified atom stereocenters. The molecule has 0 bridgehead atoms. The third-order valence-electron chi connectivity index (χ3n) is 2.87. The molecule has 1 aliphatic carbocycles. The maximum absolute atomic E-state index is 12.2. The fraction of sp³-hybridized carbons (Fsp3) is 0.667. The minimum Gasteiger partial charge on any atom is -0.475 e. The van der Waals surface area contributed by atoms with Gasteiger partial charge in [-0.25, -0.2) is 9.78 Å². The summed E-state index contributed by atoms with van der Waals surface area (Å²) in [5.74, 6) is -2.91. The zero-order valence-corrected chi connectivity index (χ0v) is 8.68. The SMILES string of the molecule is O=C(O)c1ncn(C[C@H]2C[C@@H](C(F)(F)F)C2)n1. The van der Waals surface area contributed by atoms with E-state index in [1.165, 1.54) is 11.0 Å². The summed E-state index contributed by atoms with van der Waals surface area (Å²) in [5.41, 5.74) is 0. The smallest absolute Gasteiger partial charge is 0.391 e. The molecular weight excluding hydrogens is 239 g/mol. The fourth-order valence-electron chi connectivity index (χ4n) is 1.90. The molecule has 1 heterocycles. The van der Waals surface area contributed by atoms with Gasteiger partial charge < -0.3 is 5.11 Å². The van der Waals surface area contributed by atoms with Crippen LogP contribution in [0.2, 0.25) is 0 Å². The number of aromatic nitrogens is 3. The van der Waals surface area contributed by atoms with E-state index in [9.17, 15) is 18.0 Å². The summed E-state index contributed by atoms with van der Waals surface area (Å²) in [6.07, 6.45) is -2.74. The summed E-state index contributed by atoms with van der Waals surface area (Å²) < 4.78 is 37.9. The van der Waals surface area contributed by atoms with E-state index in [2.05, 4.69) is 10.1 Å². The van der Waals surface area contributed by atoms with Crippen molar-refractivity contribution in [1.29, 1.82) is 0 Å². The van der Waals surface area contributed by atoms with E-state index in [4.69, 9.17) is 5.11 Å². The highest BCUT2D eigenvalue weighted by atomic mass is 19.4. The Kier molecular flexibility index (Phi) is 2.80. The lowest BCUT2D eigenvalue weighted by molar-refractivity contribution is -0.205. The molecular formula is C9H10F3N3O2. The van der Waals surface area contributed by atoms with E-state index < -0.39 is 18.1 Å². The van der Waals surface area contributed by atoms with Gasteiger partial charge in [0.2, 0.25) is 0 Å². The van der Waals surface area contributed by atoms with Crippen molar-refractivity contribution in [2.45, 2.75) is 25.6 Å². The molecule has 94 valence electrons. The summed E-state index contributed by atoms with van der Waals surface area (Å²) in [6, 6.07) is 0. The van der Waals surface area contributed by atoms with Crippen molar-refractivity contribution in [3.8, 4) is 0 Å². The number of rotatable bonds is 3. The molecule has 8 heteroatoms. The Morgan fingerprint density at radius 1 is 1.53 bits per heavy atom. The van der Waals surface area contributed by atoms with Crippen LogP contribution in [0.5, 0.6) is 0 Å². The van der Waals surface area contributed by atoms with Crippen LogP contribution in [0, 0.1) is 11.8 Å². The van der Waals surface area contributed by atoms with Crippen LogP contribution in [0.4, 0.5) is 13.2 Å². The molecule has 1 aromatic rings. The van der Waals surface area contributed by atoms with Crippen LogP contribution in [-0.2, 0) is 6.54 Å². The Morgan fingerprint density at radius 3 is 2.65 bits per heavy atom. The Labute approximate surface area is 94.3 Å². The number of carbonyl (C=O) groups is 1. The Bertz CT molecular complexity index is 423. The van der Waals surface area contributed by atoms with Gasteiger partial charge in [-0.05, 0) is 18.8 Å². The molecule has 5 nitrogen and oxygen atoms in total. The van der Waals surface area contributed by atoms with Gasteiger partial charge in [0.1, 0.15) is 6.33 Å². The van der Waals surface area contributed by atoms with E-state index in [0.717, 1.165) is 0 Å². The van der Waals surface area contributed by atoms with Crippen LogP contribution in [-0.4, -0.2) is 32.0 Å². The lowest BCUT2D eigenvalue weighted by Gasteiger charge is -2.36. The van der Waals surface area contributed by atoms with Crippen LogP contribution in [0.25, 0.3) is 0 Å². The van der Waals surface area contributed by atoms with Crippen molar-refractivity contribution in [1.82, 2.24) is 14.8 Å². The Hall–Kier alpha value is -1.60. The molecule has 0 saturated heterocycles. The maximum atomic E-state index is 12.2. The molecule has 0 radical (unpaired) electrons. The summed E-state index contributed by atoms with van der Waals surface area (Å²) in [5, 5.41) is 12.2. The van der Waals surface area contributed by atoms with Crippen molar-refractivity contribution >= 4 is 5.97 Å². The van der Waals surface area contributed by atoms with Crippen LogP contribution in [0.15, 0.2) is 6.33 Å². The van der Waals surface area contributed by atoms with Crippen LogP contribution < -0.4 is 0 Å². The molecule has 17 heavy (non-hydrogen) atoms. The lowest BCUT2D eigenvalue weighted by atomic mass is 9.74. The molecule has 1 aromatic heterocycles. The highest BCUT2D eigenvalue weighted by Crippen LogP contribution is 2.45. The molecule has 0 amide bonds. The van der Waals surface area contributed by atoms with Crippen molar-refractivity contribution in [3.63, 3.8) is 0 Å². The second-order valence-electron chi connectivity index (χ2n) is 4.17. The van der Waals surface area contributed by atoms with Gasteiger partial charge in [-0.1, -0.05) is 0 Å². The summed E-state index contributed by atoms with van der Waals surface area (Å²) >= 11 is 0. The van der Waals surface area contributed by atoms with Gasteiger partial charge in [0.15, 0.2) is 0 Å². The molecule has 0 atom stereocenters. The number of halogens is 3. The van der Waals surface area contributed by atoms with Crippen molar-refractivity contribution < 1.29 is 23.1 Å². The number of hydrogen-bond donors (Lipinski definition) is 1. The van der Waals surface area contributed by atoms with E-state index in [-0.39, 0.29) is 31.1 Å². The van der Waals surface area contributed by atoms with Crippen molar-refractivity contribution in [2.75, 3.05) is 0 Å². The van der Waals surface area contributed by atoms with Gasteiger partial charge >= 0.3 is 12.1 Å². The number of hydrogen-bond acceptors (Lipinski definition) is 3. The molecule has 1 fully saturated rings. The van der Waals surface area contributed by atoms with E-state index in [0.29, 0.717) is 0 Å². The van der Waals surface area contributed by atoms with Gasteiger partial charge in [0.05, 0.1) is 5.92 Å². The highest BCUT2D eigenvalue weighted by Gasteiger charge is 2.47. The van der Waals surface area contributed by atoms with Gasteiger partial charge in [0.25, 0.3) is 5.82 Å². The first-order chi connectivity index (χ1) is 7.86. The normalized spacial score (nSPS) is 24.4. The standard InChI is InChI=1S/C9H10F3N3O2/c10-9(11,12)6-1-5(2-6)3-15-4-13-7(14-15)8(16)17/h4-6H,1-3H2,(H,16,17)/t5-,6+. The van der Waals surface area contributed by atoms with E-state index in [1.807, 2.05) is 0 Å². The number of carboxylic acids is 1. The number of carboxylic acid groups (broad SMARTS) is 1. The molecule has 1 saturated carbocycles. The molecule has 0 aliphatic heterocycles.